The zero-order valence-corrected chi connectivity index (χ0v) is 13.5. The van der Waals surface area contributed by atoms with Gasteiger partial charge in [-0.25, -0.2) is 0 Å². The molecule has 1 rings (SSSR count). The second kappa shape index (κ2) is 8.96. The number of nitrogens with zero attached hydrogens (tertiary/aromatic N) is 1. The number of unbranched alkanes of at least 4 members (excludes halogenated alkanes) is 4. The fraction of sp³-hybridized carbons (Fsp3) is 0.706. The summed E-state index contributed by atoms with van der Waals surface area (Å²) in [5.74, 6) is 0.949. The summed E-state index contributed by atoms with van der Waals surface area (Å²) >= 11 is 0. The lowest BCUT2D eigenvalue weighted by Gasteiger charge is -2.15. The molecule has 20 heavy (non-hydrogen) atoms. The van der Waals surface area contributed by atoms with Crippen molar-refractivity contribution in [2.45, 2.75) is 71.8 Å². The van der Waals surface area contributed by atoms with Crippen LogP contribution in [-0.2, 0) is 6.42 Å². The first-order valence-electron chi connectivity index (χ1n) is 7.84. The van der Waals surface area contributed by atoms with E-state index in [0.29, 0.717) is 0 Å². The SMILES string of the molecule is CCCCCCCC(N)Cc1ncc(C)c(OC)c1C. The van der Waals surface area contributed by atoms with Crippen molar-refractivity contribution in [3.05, 3.63) is 23.0 Å². The third-order valence-corrected chi connectivity index (χ3v) is 3.88. The van der Waals surface area contributed by atoms with Crippen molar-refractivity contribution in [2.24, 2.45) is 5.73 Å². The summed E-state index contributed by atoms with van der Waals surface area (Å²) in [6.07, 6.45) is 10.3. The fourth-order valence-electron chi connectivity index (χ4n) is 2.64. The third kappa shape index (κ3) is 5.12. The van der Waals surface area contributed by atoms with Crippen LogP contribution in [0, 0.1) is 13.8 Å². The van der Waals surface area contributed by atoms with E-state index >= 15 is 0 Å². The minimum atomic E-state index is 0.204. The lowest BCUT2D eigenvalue weighted by Crippen LogP contribution is -2.23. The van der Waals surface area contributed by atoms with Crippen molar-refractivity contribution in [1.82, 2.24) is 4.98 Å². The van der Waals surface area contributed by atoms with Crippen LogP contribution in [0.5, 0.6) is 5.75 Å². The van der Waals surface area contributed by atoms with E-state index in [0.717, 1.165) is 35.4 Å². The van der Waals surface area contributed by atoms with Crippen molar-refractivity contribution >= 4 is 0 Å². The molecule has 1 atom stereocenters. The standard InChI is InChI=1S/C17H30N2O/c1-5-6-7-8-9-10-15(18)11-16-14(3)17(20-4)13(2)12-19-16/h12,15H,5-11,18H2,1-4H3. The number of ether oxygens (including phenoxy) is 1. The molecular weight excluding hydrogens is 248 g/mol. The summed E-state index contributed by atoms with van der Waals surface area (Å²) in [7, 11) is 1.72. The number of nitrogens with two attached hydrogens (primary N) is 1. The molecule has 0 spiro atoms. The number of rotatable bonds is 9. The average Bonchev–Trinajstić information content (AvgIpc) is 2.42. The Bertz CT molecular complexity index is 404. The Morgan fingerprint density at radius 3 is 2.55 bits per heavy atom. The minimum absolute atomic E-state index is 0.204. The van der Waals surface area contributed by atoms with Crippen molar-refractivity contribution in [1.29, 1.82) is 0 Å². The molecule has 1 aromatic rings. The predicted octanol–water partition coefficient (Wildman–Crippen LogP) is 3.94. The maximum absolute atomic E-state index is 6.24. The van der Waals surface area contributed by atoms with Gasteiger partial charge in [0.25, 0.3) is 0 Å². The first kappa shape index (κ1) is 17.0. The van der Waals surface area contributed by atoms with Gasteiger partial charge in [0.15, 0.2) is 0 Å². The monoisotopic (exact) mass is 278 g/mol. The van der Waals surface area contributed by atoms with E-state index in [1.54, 1.807) is 7.11 Å². The smallest absolute Gasteiger partial charge is 0.128 e. The first-order chi connectivity index (χ1) is 9.60. The molecule has 0 amide bonds. The molecule has 1 unspecified atom stereocenters. The highest BCUT2D eigenvalue weighted by Crippen LogP contribution is 2.24. The highest BCUT2D eigenvalue weighted by molar-refractivity contribution is 5.41. The van der Waals surface area contributed by atoms with Crippen LogP contribution in [0.1, 0.15) is 62.3 Å². The van der Waals surface area contributed by atoms with Gasteiger partial charge in [-0.15, -0.1) is 0 Å². The Kier molecular flexibility index (Phi) is 7.60. The Balaban J connectivity index is 2.47. The van der Waals surface area contributed by atoms with Gasteiger partial charge in [0.05, 0.1) is 7.11 Å². The van der Waals surface area contributed by atoms with E-state index in [2.05, 4.69) is 18.8 Å². The van der Waals surface area contributed by atoms with E-state index < -0.39 is 0 Å². The quantitative estimate of drug-likeness (QED) is 0.696. The summed E-state index contributed by atoms with van der Waals surface area (Å²) in [6, 6.07) is 0.204. The van der Waals surface area contributed by atoms with Gasteiger partial charge in [-0.05, 0) is 20.3 Å². The molecule has 1 aromatic heterocycles. The normalized spacial score (nSPS) is 12.4. The topological polar surface area (TPSA) is 48.1 Å². The Morgan fingerprint density at radius 2 is 1.90 bits per heavy atom. The Hall–Kier alpha value is -1.09. The highest BCUT2D eigenvalue weighted by atomic mass is 16.5. The average molecular weight is 278 g/mol. The third-order valence-electron chi connectivity index (χ3n) is 3.88. The zero-order chi connectivity index (χ0) is 15.0. The molecule has 0 aliphatic carbocycles. The van der Waals surface area contributed by atoms with Gasteiger partial charge in [0, 0.05) is 35.5 Å². The van der Waals surface area contributed by atoms with Gasteiger partial charge in [-0.3, -0.25) is 4.98 Å². The summed E-state index contributed by atoms with van der Waals surface area (Å²) in [4.78, 5) is 4.52. The van der Waals surface area contributed by atoms with Gasteiger partial charge in [-0.1, -0.05) is 39.0 Å². The molecule has 0 bridgehead atoms. The van der Waals surface area contributed by atoms with E-state index in [-0.39, 0.29) is 6.04 Å². The molecule has 0 radical (unpaired) electrons. The molecule has 0 aromatic carbocycles. The molecule has 114 valence electrons. The molecule has 0 aliphatic rings. The molecule has 3 heteroatoms. The molecule has 2 N–H and O–H groups in total. The summed E-state index contributed by atoms with van der Waals surface area (Å²) in [5, 5.41) is 0. The number of aromatic nitrogens is 1. The van der Waals surface area contributed by atoms with E-state index in [4.69, 9.17) is 10.5 Å². The molecule has 0 aliphatic heterocycles. The minimum Gasteiger partial charge on any atom is -0.496 e. The zero-order valence-electron chi connectivity index (χ0n) is 13.5. The molecular formula is C17H30N2O. The van der Waals surface area contributed by atoms with Gasteiger partial charge in [0.2, 0.25) is 0 Å². The van der Waals surface area contributed by atoms with Crippen LogP contribution in [0.4, 0.5) is 0 Å². The second-order valence-electron chi connectivity index (χ2n) is 5.71. The van der Waals surface area contributed by atoms with Crippen molar-refractivity contribution in [2.75, 3.05) is 7.11 Å². The molecule has 3 nitrogen and oxygen atoms in total. The van der Waals surface area contributed by atoms with Gasteiger partial charge in [0.1, 0.15) is 5.75 Å². The first-order valence-corrected chi connectivity index (χ1v) is 7.84. The second-order valence-corrected chi connectivity index (χ2v) is 5.71. The van der Waals surface area contributed by atoms with Crippen molar-refractivity contribution in [3.8, 4) is 5.75 Å². The van der Waals surface area contributed by atoms with Crippen LogP contribution in [0.2, 0.25) is 0 Å². The van der Waals surface area contributed by atoms with Crippen LogP contribution >= 0.6 is 0 Å². The van der Waals surface area contributed by atoms with Gasteiger partial charge >= 0.3 is 0 Å². The number of hydrogen-bond acceptors (Lipinski definition) is 3. The van der Waals surface area contributed by atoms with Crippen LogP contribution in [-0.4, -0.2) is 18.1 Å². The maximum atomic E-state index is 6.24. The van der Waals surface area contributed by atoms with Crippen molar-refractivity contribution < 1.29 is 4.74 Å². The maximum Gasteiger partial charge on any atom is 0.128 e. The molecule has 0 saturated carbocycles. The van der Waals surface area contributed by atoms with E-state index in [1.807, 2.05) is 13.1 Å². The van der Waals surface area contributed by atoms with E-state index in [1.165, 1.54) is 32.1 Å². The van der Waals surface area contributed by atoms with Gasteiger partial charge < -0.3 is 10.5 Å². The summed E-state index contributed by atoms with van der Waals surface area (Å²) in [6.45, 7) is 6.34. The molecule has 0 fully saturated rings. The summed E-state index contributed by atoms with van der Waals surface area (Å²) < 4.78 is 5.44. The fourth-order valence-corrected chi connectivity index (χ4v) is 2.64. The van der Waals surface area contributed by atoms with Crippen LogP contribution in [0.15, 0.2) is 6.20 Å². The number of pyridine rings is 1. The predicted molar refractivity (Wildman–Crippen MR) is 85.3 cm³/mol. The highest BCUT2D eigenvalue weighted by Gasteiger charge is 2.12. The lowest BCUT2D eigenvalue weighted by molar-refractivity contribution is 0.406. The Labute approximate surface area is 123 Å². The van der Waals surface area contributed by atoms with E-state index in [9.17, 15) is 0 Å². The van der Waals surface area contributed by atoms with Crippen LogP contribution in [0.25, 0.3) is 0 Å². The van der Waals surface area contributed by atoms with Crippen LogP contribution in [0.3, 0.4) is 0 Å². The Morgan fingerprint density at radius 1 is 1.20 bits per heavy atom. The molecule has 1 heterocycles. The van der Waals surface area contributed by atoms with Gasteiger partial charge in [-0.2, -0.15) is 0 Å². The van der Waals surface area contributed by atoms with Crippen LogP contribution < -0.4 is 10.5 Å². The molecule has 0 saturated heterocycles. The lowest BCUT2D eigenvalue weighted by atomic mass is 10.00. The summed E-state index contributed by atoms with van der Waals surface area (Å²) in [5.41, 5.74) is 9.53. The number of methoxy groups -OCH3 is 1. The largest absolute Gasteiger partial charge is 0.496 e. The number of hydrogen-bond donors (Lipinski definition) is 1. The number of aryl methyl sites for hydroxylation is 1. The van der Waals surface area contributed by atoms with Crippen molar-refractivity contribution in [3.63, 3.8) is 0 Å².